The second-order valence-electron chi connectivity index (χ2n) is 3.28. The van der Waals surface area contributed by atoms with E-state index in [1.165, 1.54) is 0 Å². The van der Waals surface area contributed by atoms with Crippen LogP contribution in [-0.4, -0.2) is 20.8 Å². The van der Waals surface area contributed by atoms with Crippen molar-refractivity contribution < 1.29 is 14.1 Å². The predicted molar refractivity (Wildman–Crippen MR) is 50.8 cm³/mol. The molecule has 1 unspecified atom stereocenters. The Labute approximate surface area is 82.2 Å². The van der Waals surface area contributed by atoms with Crippen LogP contribution in [0, 0.1) is 0 Å². The van der Waals surface area contributed by atoms with Crippen LogP contribution in [0.25, 0.3) is 0 Å². The molecule has 1 atom stereocenters. The van der Waals surface area contributed by atoms with Gasteiger partial charge in [0.2, 0.25) is 6.79 Å². The van der Waals surface area contributed by atoms with Gasteiger partial charge in [-0.1, -0.05) is 6.07 Å². The number of rotatable bonds is 1. The molecular formula is C9H9BNO3. The molecule has 4 nitrogen and oxygen atoms in total. The van der Waals surface area contributed by atoms with Crippen LogP contribution in [0.15, 0.2) is 12.1 Å². The number of benzene rings is 1. The largest absolute Gasteiger partial charge is 0.454 e. The summed E-state index contributed by atoms with van der Waals surface area (Å²) < 4.78 is 16.0. The molecule has 2 heterocycles. The summed E-state index contributed by atoms with van der Waals surface area (Å²) in [6.07, 6.45) is -0.0421. The van der Waals surface area contributed by atoms with Crippen LogP contribution < -0.4 is 20.7 Å². The van der Waals surface area contributed by atoms with Crippen LogP contribution in [-0.2, 0) is 4.65 Å². The minimum atomic E-state index is -0.0421. The third kappa shape index (κ3) is 0.965. The minimum absolute atomic E-state index is 0.0421. The normalized spacial score (nSPS) is 21.9. The first kappa shape index (κ1) is 8.14. The summed E-state index contributed by atoms with van der Waals surface area (Å²) in [7, 11) is 1.69. The quantitative estimate of drug-likeness (QED) is 0.617. The van der Waals surface area contributed by atoms with Crippen LogP contribution in [0.1, 0.15) is 11.7 Å². The molecule has 3 rings (SSSR count). The second kappa shape index (κ2) is 2.90. The van der Waals surface area contributed by atoms with Gasteiger partial charge in [0.15, 0.2) is 11.5 Å². The highest BCUT2D eigenvalue weighted by Crippen LogP contribution is 2.34. The fraction of sp³-hybridized carbons (Fsp3) is 0.333. The fourth-order valence-electron chi connectivity index (χ4n) is 1.82. The van der Waals surface area contributed by atoms with Crippen molar-refractivity contribution in [3.8, 4) is 11.5 Å². The van der Waals surface area contributed by atoms with Crippen LogP contribution in [0.2, 0.25) is 0 Å². The Bertz CT molecular complexity index is 383. The number of ether oxygens (including phenoxy) is 2. The second-order valence-corrected chi connectivity index (χ2v) is 3.28. The molecule has 14 heavy (non-hydrogen) atoms. The molecule has 0 bridgehead atoms. The third-order valence-corrected chi connectivity index (χ3v) is 2.52. The summed E-state index contributed by atoms with van der Waals surface area (Å²) in [5.74, 6) is 1.56. The van der Waals surface area contributed by atoms with Crippen LogP contribution in [0.3, 0.4) is 0 Å². The van der Waals surface area contributed by atoms with Gasteiger partial charge in [0.1, 0.15) is 0 Å². The van der Waals surface area contributed by atoms with E-state index in [-0.39, 0.29) is 12.9 Å². The molecule has 1 aromatic rings. The first-order valence-electron chi connectivity index (χ1n) is 4.51. The van der Waals surface area contributed by atoms with Gasteiger partial charge in [0.25, 0.3) is 0 Å². The molecule has 0 aromatic heterocycles. The molecule has 0 amide bonds. The van der Waals surface area contributed by atoms with Crippen molar-refractivity contribution in [2.75, 3.05) is 13.3 Å². The monoisotopic (exact) mass is 190 g/mol. The molecule has 71 valence electrons. The lowest BCUT2D eigenvalue weighted by Gasteiger charge is -2.08. The lowest BCUT2D eigenvalue weighted by Crippen LogP contribution is -2.14. The maximum atomic E-state index is 5.58. The van der Waals surface area contributed by atoms with Gasteiger partial charge in [-0.2, -0.15) is 0 Å². The van der Waals surface area contributed by atoms with Gasteiger partial charge in [0, 0.05) is 6.54 Å². The predicted octanol–water partition coefficient (Wildman–Crippen LogP) is -0.310. The van der Waals surface area contributed by atoms with Crippen LogP contribution in [0.4, 0.5) is 0 Å². The Morgan fingerprint density at radius 2 is 2.36 bits per heavy atom. The standard InChI is InChI=1S/C9H9BNO3/c11-3-7-5-1-2-6-9(13-4-12-6)8(5)10-14-7/h1-2,7H,3-4,11H2. The van der Waals surface area contributed by atoms with Gasteiger partial charge >= 0.3 is 7.48 Å². The Morgan fingerprint density at radius 1 is 1.43 bits per heavy atom. The summed E-state index contributed by atoms with van der Waals surface area (Å²) in [6.45, 7) is 0.760. The van der Waals surface area contributed by atoms with E-state index in [2.05, 4.69) is 0 Å². The third-order valence-electron chi connectivity index (χ3n) is 2.52. The highest BCUT2D eigenvalue weighted by atomic mass is 16.7. The molecule has 0 saturated heterocycles. The average Bonchev–Trinajstić information content (AvgIpc) is 2.82. The molecule has 0 spiro atoms. The molecule has 1 radical (unpaired) electrons. The van der Waals surface area contributed by atoms with E-state index in [1.807, 2.05) is 12.1 Å². The van der Waals surface area contributed by atoms with Gasteiger partial charge < -0.3 is 19.9 Å². The molecule has 2 N–H and O–H groups in total. The number of hydrogen-bond acceptors (Lipinski definition) is 4. The average molecular weight is 190 g/mol. The van der Waals surface area contributed by atoms with Crippen LogP contribution in [0.5, 0.6) is 11.5 Å². The van der Waals surface area contributed by atoms with Crippen molar-refractivity contribution in [2.24, 2.45) is 5.73 Å². The Hall–Kier alpha value is -1.20. The minimum Gasteiger partial charge on any atom is -0.454 e. The molecule has 2 aliphatic rings. The molecule has 1 aromatic carbocycles. The van der Waals surface area contributed by atoms with E-state index in [0.717, 1.165) is 22.5 Å². The SMILES string of the molecule is NCC1O[B]c2c1ccc1c2OCO1. The number of hydrogen-bond donors (Lipinski definition) is 1. The maximum Gasteiger partial charge on any atom is 0.335 e. The smallest absolute Gasteiger partial charge is 0.335 e. The molecule has 2 aliphatic heterocycles. The van der Waals surface area contributed by atoms with Crippen molar-refractivity contribution >= 4 is 12.9 Å². The molecule has 0 saturated carbocycles. The van der Waals surface area contributed by atoms with E-state index in [0.29, 0.717) is 6.54 Å². The topological polar surface area (TPSA) is 53.7 Å². The Morgan fingerprint density at radius 3 is 3.21 bits per heavy atom. The fourth-order valence-corrected chi connectivity index (χ4v) is 1.82. The van der Waals surface area contributed by atoms with Gasteiger partial charge in [-0.3, -0.25) is 0 Å². The summed E-state index contributed by atoms with van der Waals surface area (Å²) in [5, 5.41) is 0. The van der Waals surface area contributed by atoms with Gasteiger partial charge in [-0.15, -0.1) is 0 Å². The zero-order chi connectivity index (χ0) is 9.54. The first-order valence-corrected chi connectivity index (χ1v) is 4.51. The van der Waals surface area contributed by atoms with E-state index in [4.69, 9.17) is 19.9 Å². The highest BCUT2D eigenvalue weighted by Gasteiger charge is 2.30. The lowest BCUT2D eigenvalue weighted by atomic mass is 9.85. The van der Waals surface area contributed by atoms with Gasteiger partial charge in [-0.25, -0.2) is 0 Å². The van der Waals surface area contributed by atoms with E-state index in [9.17, 15) is 0 Å². The summed E-state index contributed by atoms with van der Waals surface area (Å²) >= 11 is 0. The highest BCUT2D eigenvalue weighted by molar-refractivity contribution is 6.50. The number of fused-ring (bicyclic) bond motifs is 3. The zero-order valence-corrected chi connectivity index (χ0v) is 7.53. The van der Waals surface area contributed by atoms with Gasteiger partial charge in [0.05, 0.1) is 6.10 Å². The van der Waals surface area contributed by atoms with Crippen molar-refractivity contribution in [3.05, 3.63) is 17.7 Å². The van der Waals surface area contributed by atoms with E-state index < -0.39 is 0 Å². The van der Waals surface area contributed by atoms with Crippen molar-refractivity contribution in [1.29, 1.82) is 0 Å². The maximum absolute atomic E-state index is 5.58. The van der Waals surface area contributed by atoms with Gasteiger partial charge in [-0.05, 0) is 17.1 Å². The Balaban J connectivity index is 2.12. The Kier molecular flexibility index (Phi) is 1.69. The number of nitrogens with two attached hydrogens (primary N) is 1. The summed E-state index contributed by atoms with van der Waals surface area (Å²) in [6, 6.07) is 3.87. The van der Waals surface area contributed by atoms with Crippen molar-refractivity contribution in [1.82, 2.24) is 0 Å². The van der Waals surface area contributed by atoms with Crippen molar-refractivity contribution in [2.45, 2.75) is 6.10 Å². The molecule has 0 aliphatic carbocycles. The molecule has 0 fully saturated rings. The van der Waals surface area contributed by atoms with E-state index in [1.54, 1.807) is 7.48 Å². The first-order chi connectivity index (χ1) is 6.90. The summed E-state index contributed by atoms with van der Waals surface area (Å²) in [4.78, 5) is 0. The van der Waals surface area contributed by atoms with Crippen molar-refractivity contribution in [3.63, 3.8) is 0 Å². The van der Waals surface area contributed by atoms with E-state index >= 15 is 0 Å². The van der Waals surface area contributed by atoms with Crippen LogP contribution >= 0.6 is 0 Å². The zero-order valence-electron chi connectivity index (χ0n) is 7.53. The molecular weight excluding hydrogens is 181 g/mol. The lowest BCUT2D eigenvalue weighted by molar-refractivity contribution is 0.174. The summed E-state index contributed by atoms with van der Waals surface area (Å²) in [5.41, 5.74) is 7.63. The molecule has 5 heteroatoms.